The van der Waals surface area contributed by atoms with Crippen LogP contribution in [-0.4, -0.2) is 21.9 Å². The molecule has 0 radical (unpaired) electrons. The average molecular weight is 306 g/mol. The van der Waals surface area contributed by atoms with E-state index in [4.69, 9.17) is 0 Å². The van der Waals surface area contributed by atoms with Gasteiger partial charge in [-0.1, -0.05) is 27.2 Å². The number of aliphatic hydroxyl groups is 2. The minimum atomic E-state index is -0.881. The predicted octanol–water partition coefficient (Wildman–Crippen LogP) is 4.14. The molecule has 4 aliphatic rings. The van der Waals surface area contributed by atoms with Gasteiger partial charge < -0.3 is 10.2 Å². The molecular formula is C20H34O2. The molecule has 126 valence electrons. The van der Waals surface area contributed by atoms with Gasteiger partial charge >= 0.3 is 0 Å². The average Bonchev–Trinajstić information content (AvgIpc) is 2.56. The Morgan fingerprint density at radius 3 is 2.32 bits per heavy atom. The molecule has 0 saturated heterocycles. The summed E-state index contributed by atoms with van der Waals surface area (Å²) < 4.78 is 0. The Hall–Kier alpha value is -0.0800. The standard InChI is InChI=1S/C20H34O2/c1-17(2)9-5-10-18(3)14(17)8-11-20-12-13(6-7-15(18)20)16(21)19(20,4)22/h13-16,21-22H,5-12H2,1-4H3. The van der Waals surface area contributed by atoms with Gasteiger partial charge in [0.2, 0.25) is 0 Å². The molecule has 7 atom stereocenters. The fourth-order valence-electron chi connectivity index (χ4n) is 8.15. The van der Waals surface area contributed by atoms with Crippen LogP contribution in [0.4, 0.5) is 0 Å². The second-order valence-electron chi connectivity index (χ2n) is 10.3. The van der Waals surface area contributed by atoms with Crippen LogP contribution in [0, 0.1) is 34.0 Å². The van der Waals surface area contributed by atoms with Crippen molar-refractivity contribution in [2.75, 3.05) is 0 Å². The third-order valence-corrected chi connectivity index (χ3v) is 9.10. The molecule has 4 saturated carbocycles. The van der Waals surface area contributed by atoms with E-state index < -0.39 is 11.7 Å². The Labute approximate surface area is 135 Å². The molecule has 0 amide bonds. The van der Waals surface area contributed by atoms with Crippen LogP contribution in [0.1, 0.15) is 79.1 Å². The van der Waals surface area contributed by atoms with Crippen molar-refractivity contribution in [1.29, 1.82) is 0 Å². The fourth-order valence-corrected chi connectivity index (χ4v) is 8.15. The van der Waals surface area contributed by atoms with E-state index in [9.17, 15) is 10.2 Å². The van der Waals surface area contributed by atoms with Crippen molar-refractivity contribution in [3.05, 3.63) is 0 Å². The first-order chi connectivity index (χ1) is 10.2. The van der Waals surface area contributed by atoms with E-state index in [0.29, 0.717) is 22.7 Å². The van der Waals surface area contributed by atoms with Crippen molar-refractivity contribution in [3.63, 3.8) is 0 Å². The Balaban J connectivity index is 1.80. The molecule has 4 rings (SSSR count). The topological polar surface area (TPSA) is 40.5 Å². The summed E-state index contributed by atoms with van der Waals surface area (Å²) >= 11 is 0. The summed E-state index contributed by atoms with van der Waals surface area (Å²) in [5.74, 6) is 1.72. The van der Waals surface area contributed by atoms with E-state index in [1.807, 2.05) is 6.92 Å². The number of hydrogen-bond donors (Lipinski definition) is 2. The lowest BCUT2D eigenvalue weighted by molar-refractivity contribution is -0.208. The first-order valence-corrected chi connectivity index (χ1v) is 9.56. The van der Waals surface area contributed by atoms with Crippen molar-refractivity contribution < 1.29 is 10.2 Å². The van der Waals surface area contributed by atoms with Gasteiger partial charge in [0, 0.05) is 5.41 Å². The second-order valence-corrected chi connectivity index (χ2v) is 10.3. The van der Waals surface area contributed by atoms with E-state index in [1.54, 1.807) is 0 Å². The Bertz CT molecular complexity index is 482. The minimum absolute atomic E-state index is 0.0198. The quantitative estimate of drug-likeness (QED) is 0.706. The molecule has 1 spiro atoms. The zero-order chi connectivity index (χ0) is 16.0. The molecule has 0 aromatic heterocycles. The van der Waals surface area contributed by atoms with Crippen molar-refractivity contribution in [2.24, 2.45) is 34.0 Å². The fraction of sp³-hybridized carbons (Fsp3) is 1.00. The highest BCUT2D eigenvalue weighted by molar-refractivity contribution is 5.20. The summed E-state index contributed by atoms with van der Waals surface area (Å²) in [5.41, 5.74) is -0.101. The molecule has 4 fully saturated rings. The van der Waals surface area contributed by atoms with Gasteiger partial charge in [-0.2, -0.15) is 0 Å². The van der Waals surface area contributed by atoms with Crippen LogP contribution in [-0.2, 0) is 0 Å². The zero-order valence-corrected chi connectivity index (χ0v) is 14.9. The van der Waals surface area contributed by atoms with Crippen LogP contribution in [0.3, 0.4) is 0 Å². The summed E-state index contributed by atoms with van der Waals surface area (Å²) in [5, 5.41) is 22.0. The Morgan fingerprint density at radius 2 is 1.59 bits per heavy atom. The zero-order valence-electron chi connectivity index (χ0n) is 14.9. The summed E-state index contributed by atoms with van der Waals surface area (Å²) in [7, 11) is 0. The smallest absolute Gasteiger partial charge is 0.0938 e. The predicted molar refractivity (Wildman–Crippen MR) is 88.4 cm³/mol. The van der Waals surface area contributed by atoms with Crippen molar-refractivity contribution >= 4 is 0 Å². The van der Waals surface area contributed by atoms with Crippen LogP contribution in [0.25, 0.3) is 0 Å². The second kappa shape index (κ2) is 4.30. The molecule has 22 heavy (non-hydrogen) atoms. The number of aliphatic hydroxyl groups excluding tert-OH is 1. The van der Waals surface area contributed by atoms with Gasteiger partial charge in [0.1, 0.15) is 0 Å². The van der Waals surface area contributed by atoms with Crippen molar-refractivity contribution in [2.45, 2.75) is 90.8 Å². The Morgan fingerprint density at radius 1 is 0.864 bits per heavy atom. The molecule has 2 N–H and O–H groups in total. The van der Waals surface area contributed by atoms with Crippen LogP contribution in [0.15, 0.2) is 0 Å². The maximum atomic E-state index is 11.3. The molecular weight excluding hydrogens is 272 g/mol. The van der Waals surface area contributed by atoms with Crippen molar-refractivity contribution in [1.82, 2.24) is 0 Å². The minimum Gasteiger partial charge on any atom is -0.390 e. The lowest BCUT2D eigenvalue weighted by Gasteiger charge is -2.65. The van der Waals surface area contributed by atoms with E-state index in [2.05, 4.69) is 20.8 Å². The maximum Gasteiger partial charge on any atom is 0.0938 e. The lowest BCUT2D eigenvalue weighted by atomic mass is 9.40. The third kappa shape index (κ3) is 1.59. The van der Waals surface area contributed by atoms with Gasteiger partial charge in [-0.05, 0) is 80.5 Å². The highest BCUT2D eigenvalue weighted by atomic mass is 16.3. The van der Waals surface area contributed by atoms with Gasteiger partial charge in [0.25, 0.3) is 0 Å². The number of rotatable bonds is 0. The van der Waals surface area contributed by atoms with E-state index >= 15 is 0 Å². The first kappa shape index (κ1) is 15.4. The number of fused-ring (bicyclic) bond motifs is 3. The van der Waals surface area contributed by atoms with Crippen molar-refractivity contribution in [3.8, 4) is 0 Å². The molecule has 0 aromatic carbocycles. The van der Waals surface area contributed by atoms with Crippen LogP contribution < -0.4 is 0 Å². The molecule has 2 heteroatoms. The molecule has 4 aliphatic carbocycles. The van der Waals surface area contributed by atoms with Gasteiger partial charge in [-0.15, -0.1) is 0 Å². The number of hydrogen-bond acceptors (Lipinski definition) is 2. The maximum absolute atomic E-state index is 11.3. The third-order valence-electron chi connectivity index (χ3n) is 9.10. The van der Waals surface area contributed by atoms with E-state index in [1.165, 1.54) is 32.1 Å². The summed E-state index contributed by atoms with van der Waals surface area (Å²) in [6.07, 6.45) is 9.29. The summed E-state index contributed by atoms with van der Waals surface area (Å²) in [4.78, 5) is 0. The highest BCUT2D eigenvalue weighted by Gasteiger charge is 2.71. The SMILES string of the molecule is CC1(C)CCCC2(C)C1CCC13CC(CCC21)C(O)C3(C)O. The monoisotopic (exact) mass is 306 g/mol. The summed E-state index contributed by atoms with van der Waals surface area (Å²) in [6, 6.07) is 0. The first-order valence-electron chi connectivity index (χ1n) is 9.56. The highest BCUT2D eigenvalue weighted by Crippen LogP contribution is 2.73. The van der Waals surface area contributed by atoms with Gasteiger partial charge in [0.05, 0.1) is 11.7 Å². The van der Waals surface area contributed by atoms with Crippen LogP contribution >= 0.6 is 0 Å². The van der Waals surface area contributed by atoms with Gasteiger partial charge in [-0.3, -0.25) is 0 Å². The molecule has 0 aliphatic heterocycles. The normalized spacial score (nSPS) is 59.7. The molecule has 7 unspecified atom stereocenters. The molecule has 0 heterocycles. The van der Waals surface area contributed by atoms with Gasteiger partial charge in [-0.25, -0.2) is 0 Å². The Kier molecular flexibility index (Phi) is 3.02. The van der Waals surface area contributed by atoms with E-state index in [0.717, 1.165) is 25.2 Å². The van der Waals surface area contributed by atoms with Crippen LogP contribution in [0.5, 0.6) is 0 Å². The summed E-state index contributed by atoms with van der Waals surface area (Å²) in [6.45, 7) is 9.43. The van der Waals surface area contributed by atoms with Gasteiger partial charge in [0.15, 0.2) is 0 Å². The largest absolute Gasteiger partial charge is 0.390 e. The van der Waals surface area contributed by atoms with E-state index in [-0.39, 0.29) is 5.41 Å². The lowest BCUT2D eigenvalue weighted by Crippen LogP contribution is -2.62. The molecule has 0 aromatic rings. The molecule has 2 nitrogen and oxygen atoms in total. The van der Waals surface area contributed by atoms with Crippen LogP contribution in [0.2, 0.25) is 0 Å². The molecule has 2 bridgehead atoms.